The Morgan fingerprint density at radius 3 is 2.57 bits per heavy atom. The Morgan fingerprint density at radius 2 is 2.07 bits per heavy atom. The Morgan fingerprint density at radius 1 is 1.36 bits per heavy atom. The number of benzene rings is 1. The van der Waals surface area contributed by atoms with E-state index in [0.717, 1.165) is 5.56 Å². The van der Waals surface area contributed by atoms with Crippen LogP contribution in [0.1, 0.15) is 29.5 Å². The van der Waals surface area contributed by atoms with Crippen LogP contribution in [-0.2, 0) is 0 Å². The maximum atomic E-state index is 8.98. The Bertz CT molecular complexity index is 412. The first-order chi connectivity index (χ1) is 6.72. The van der Waals surface area contributed by atoms with Gasteiger partial charge < -0.3 is 5.11 Å². The minimum Gasteiger partial charge on any atom is -0.396 e. The van der Waals surface area contributed by atoms with Gasteiger partial charge >= 0.3 is 0 Å². The SMILES string of the molecule is CC(CO)c1cc(C#N)ccc1C#N. The molecule has 0 aliphatic rings. The molecule has 0 amide bonds. The quantitative estimate of drug-likeness (QED) is 0.761. The van der Waals surface area contributed by atoms with E-state index in [1.165, 1.54) is 0 Å². The number of hydrogen-bond donors (Lipinski definition) is 1. The average molecular weight is 186 g/mol. The normalized spacial score (nSPS) is 11.4. The van der Waals surface area contributed by atoms with Gasteiger partial charge in [-0.05, 0) is 23.8 Å². The second-order valence-corrected chi connectivity index (χ2v) is 3.11. The van der Waals surface area contributed by atoms with Crippen LogP contribution in [0, 0.1) is 22.7 Å². The molecule has 0 heterocycles. The van der Waals surface area contributed by atoms with Crippen molar-refractivity contribution in [2.75, 3.05) is 6.61 Å². The van der Waals surface area contributed by atoms with E-state index >= 15 is 0 Å². The van der Waals surface area contributed by atoms with Gasteiger partial charge in [-0.1, -0.05) is 6.92 Å². The molecule has 0 radical (unpaired) electrons. The van der Waals surface area contributed by atoms with Crippen LogP contribution in [0.15, 0.2) is 18.2 Å². The van der Waals surface area contributed by atoms with Crippen molar-refractivity contribution in [1.29, 1.82) is 10.5 Å². The van der Waals surface area contributed by atoms with Crippen LogP contribution in [0.4, 0.5) is 0 Å². The van der Waals surface area contributed by atoms with Crippen LogP contribution in [0.5, 0.6) is 0 Å². The minimum absolute atomic E-state index is 0.0242. The van der Waals surface area contributed by atoms with E-state index in [1.807, 2.05) is 19.1 Å². The van der Waals surface area contributed by atoms with E-state index in [2.05, 4.69) is 0 Å². The zero-order valence-corrected chi connectivity index (χ0v) is 7.86. The zero-order chi connectivity index (χ0) is 10.6. The predicted octanol–water partition coefficient (Wildman–Crippen LogP) is 1.53. The summed E-state index contributed by atoms with van der Waals surface area (Å²) in [4.78, 5) is 0. The van der Waals surface area contributed by atoms with E-state index in [-0.39, 0.29) is 12.5 Å². The molecule has 0 bridgehead atoms. The van der Waals surface area contributed by atoms with Crippen molar-refractivity contribution < 1.29 is 5.11 Å². The van der Waals surface area contributed by atoms with E-state index in [9.17, 15) is 0 Å². The fourth-order valence-corrected chi connectivity index (χ4v) is 1.24. The molecule has 0 fully saturated rings. The maximum absolute atomic E-state index is 8.98. The molecule has 1 unspecified atom stereocenters. The molecule has 0 saturated heterocycles. The number of aliphatic hydroxyl groups is 1. The summed E-state index contributed by atoms with van der Waals surface area (Å²) in [5.74, 6) is -0.113. The molecule has 1 aromatic carbocycles. The van der Waals surface area contributed by atoms with Crippen molar-refractivity contribution in [3.05, 3.63) is 34.9 Å². The van der Waals surface area contributed by atoms with Crippen molar-refractivity contribution >= 4 is 0 Å². The lowest BCUT2D eigenvalue weighted by Gasteiger charge is -2.10. The van der Waals surface area contributed by atoms with E-state index in [4.69, 9.17) is 15.6 Å². The highest BCUT2D eigenvalue weighted by molar-refractivity contribution is 5.45. The lowest BCUT2D eigenvalue weighted by Crippen LogP contribution is -2.02. The van der Waals surface area contributed by atoms with Gasteiger partial charge in [-0.15, -0.1) is 0 Å². The van der Waals surface area contributed by atoms with E-state index in [0.29, 0.717) is 11.1 Å². The smallest absolute Gasteiger partial charge is 0.0994 e. The summed E-state index contributed by atoms with van der Waals surface area (Å²) in [5, 5.41) is 26.5. The van der Waals surface area contributed by atoms with Gasteiger partial charge in [0.25, 0.3) is 0 Å². The van der Waals surface area contributed by atoms with Gasteiger partial charge in [0.05, 0.1) is 23.3 Å². The first-order valence-corrected chi connectivity index (χ1v) is 4.28. The number of rotatable bonds is 2. The van der Waals surface area contributed by atoms with Gasteiger partial charge in [-0.2, -0.15) is 10.5 Å². The highest BCUT2D eigenvalue weighted by atomic mass is 16.3. The lowest BCUT2D eigenvalue weighted by molar-refractivity contribution is 0.273. The van der Waals surface area contributed by atoms with Crippen molar-refractivity contribution in [3.8, 4) is 12.1 Å². The fraction of sp³-hybridized carbons (Fsp3) is 0.273. The van der Waals surface area contributed by atoms with Crippen molar-refractivity contribution in [1.82, 2.24) is 0 Å². The fourth-order valence-electron chi connectivity index (χ4n) is 1.24. The molecule has 0 aromatic heterocycles. The maximum Gasteiger partial charge on any atom is 0.0994 e. The molecule has 14 heavy (non-hydrogen) atoms. The number of hydrogen-bond acceptors (Lipinski definition) is 3. The Hall–Kier alpha value is -1.84. The predicted molar refractivity (Wildman–Crippen MR) is 51.4 cm³/mol. The second kappa shape index (κ2) is 4.41. The number of aliphatic hydroxyl groups excluding tert-OH is 1. The molecule has 70 valence electrons. The highest BCUT2D eigenvalue weighted by Gasteiger charge is 2.10. The van der Waals surface area contributed by atoms with Crippen LogP contribution < -0.4 is 0 Å². The van der Waals surface area contributed by atoms with Crippen LogP contribution in [0.25, 0.3) is 0 Å². The zero-order valence-electron chi connectivity index (χ0n) is 7.86. The standard InChI is InChI=1S/C11H10N2O/c1-8(7-14)11-4-9(5-12)2-3-10(11)6-13/h2-4,8,14H,7H2,1H3. The second-order valence-electron chi connectivity index (χ2n) is 3.11. The molecule has 0 aliphatic heterocycles. The molecule has 1 atom stereocenters. The van der Waals surface area contributed by atoms with Gasteiger partial charge in [0.2, 0.25) is 0 Å². The third-order valence-electron chi connectivity index (χ3n) is 2.11. The first kappa shape index (κ1) is 10.2. The average Bonchev–Trinajstić information content (AvgIpc) is 2.27. The number of nitriles is 2. The summed E-state index contributed by atoms with van der Waals surface area (Å²) in [6.45, 7) is 1.79. The van der Waals surface area contributed by atoms with Crippen LogP contribution in [0.3, 0.4) is 0 Å². The molecule has 0 aliphatic carbocycles. The third-order valence-corrected chi connectivity index (χ3v) is 2.11. The van der Waals surface area contributed by atoms with Gasteiger partial charge in [0, 0.05) is 12.5 Å². The Labute approximate surface area is 82.8 Å². The third kappa shape index (κ3) is 1.90. The van der Waals surface area contributed by atoms with Gasteiger partial charge in [0.15, 0.2) is 0 Å². The number of nitrogens with zero attached hydrogens (tertiary/aromatic N) is 2. The summed E-state index contributed by atoms with van der Waals surface area (Å²) < 4.78 is 0. The van der Waals surface area contributed by atoms with Crippen LogP contribution in [0.2, 0.25) is 0 Å². The molecular weight excluding hydrogens is 176 g/mol. The molecule has 0 spiro atoms. The molecule has 3 nitrogen and oxygen atoms in total. The summed E-state index contributed by atoms with van der Waals surface area (Å²) in [6, 6.07) is 8.91. The topological polar surface area (TPSA) is 67.8 Å². The van der Waals surface area contributed by atoms with Crippen molar-refractivity contribution in [2.45, 2.75) is 12.8 Å². The lowest BCUT2D eigenvalue weighted by atomic mass is 9.95. The summed E-state index contributed by atoms with van der Waals surface area (Å²) in [7, 11) is 0. The Balaban J connectivity index is 3.25. The van der Waals surface area contributed by atoms with Gasteiger partial charge in [-0.25, -0.2) is 0 Å². The summed E-state index contributed by atoms with van der Waals surface area (Å²) in [5.41, 5.74) is 1.76. The molecule has 1 N–H and O–H groups in total. The largest absolute Gasteiger partial charge is 0.396 e. The van der Waals surface area contributed by atoms with Gasteiger partial charge in [-0.3, -0.25) is 0 Å². The molecule has 1 aromatic rings. The van der Waals surface area contributed by atoms with E-state index < -0.39 is 0 Å². The molecule has 3 heteroatoms. The van der Waals surface area contributed by atoms with Gasteiger partial charge in [0.1, 0.15) is 0 Å². The molecule has 1 rings (SSSR count). The van der Waals surface area contributed by atoms with Crippen molar-refractivity contribution in [2.24, 2.45) is 0 Å². The highest BCUT2D eigenvalue weighted by Crippen LogP contribution is 2.20. The van der Waals surface area contributed by atoms with Crippen molar-refractivity contribution in [3.63, 3.8) is 0 Å². The molecular formula is C11H10N2O. The van der Waals surface area contributed by atoms with Crippen LogP contribution >= 0.6 is 0 Å². The van der Waals surface area contributed by atoms with E-state index in [1.54, 1.807) is 18.2 Å². The minimum atomic E-state index is -0.113. The summed E-state index contributed by atoms with van der Waals surface area (Å²) in [6.07, 6.45) is 0. The first-order valence-electron chi connectivity index (χ1n) is 4.28. The van der Waals surface area contributed by atoms with Crippen LogP contribution in [-0.4, -0.2) is 11.7 Å². The Kier molecular flexibility index (Phi) is 3.23. The monoisotopic (exact) mass is 186 g/mol. The summed E-state index contributed by atoms with van der Waals surface area (Å²) >= 11 is 0. The molecule has 0 saturated carbocycles.